The van der Waals surface area contributed by atoms with Gasteiger partial charge in [-0.05, 0) is 48.3 Å². The van der Waals surface area contributed by atoms with E-state index in [2.05, 4.69) is 102 Å². The normalized spacial score (nSPS) is 13.6. The fourth-order valence-electron chi connectivity index (χ4n) is 4.41. The molecule has 0 unspecified atom stereocenters. The molecule has 0 aliphatic rings. The Bertz CT molecular complexity index is 876. The van der Waals surface area contributed by atoms with E-state index in [9.17, 15) is 5.11 Å². The van der Waals surface area contributed by atoms with E-state index in [-0.39, 0.29) is 18.6 Å². The maximum Gasteiger partial charge on any atom is 0.0477 e. The zero-order valence-corrected chi connectivity index (χ0v) is 20.1. The largest absolute Gasteiger partial charge is 0.396 e. The van der Waals surface area contributed by atoms with E-state index >= 15 is 0 Å². The van der Waals surface area contributed by atoms with Crippen molar-refractivity contribution >= 4 is 11.3 Å². The van der Waals surface area contributed by atoms with Gasteiger partial charge < -0.3 is 5.11 Å². The summed E-state index contributed by atoms with van der Waals surface area (Å²) in [5.74, 6) is 0.205. The second-order valence-electron chi connectivity index (χ2n) is 8.43. The molecule has 0 aliphatic carbocycles. The van der Waals surface area contributed by atoms with Crippen LogP contribution in [0.25, 0.3) is 0 Å². The summed E-state index contributed by atoms with van der Waals surface area (Å²) in [6.07, 6.45) is 10.1. The van der Waals surface area contributed by atoms with E-state index in [1.54, 1.807) is 0 Å². The van der Waals surface area contributed by atoms with Crippen molar-refractivity contribution in [1.29, 1.82) is 0 Å². The molecule has 170 valence electrons. The molecule has 0 aliphatic heterocycles. The van der Waals surface area contributed by atoms with Crippen LogP contribution in [-0.4, -0.2) is 16.6 Å². The number of aliphatic hydroxyl groups is 1. The molecule has 2 nitrogen and oxygen atoms in total. The molecule has 1 N–H and O–H groups in total. The highest BCUT2D eigenvalue weighted by Gasteiger charge is 2.29. The van der Waals surface area contributed by atoms with Crippen LogP contribution >= 0.6 is 11.3 Å². The van der Waals surface area contributed by atoms with E-state index in [1.807, 2.05) is 11.3 Å². The lowest BCUT2D eigenvalue weighted by Crippen LogP contribution is -2.34. The standard InChI is InChI=1S/C29H37NOS/c1-2-3-4-5-6-11-19-27(24-31)29(26-17-12-8-13-18-26)30(23-28-20-14-21-32-28)22-25-15-9-7-10-16-25/h3-4,7-10,12-18,20-21,27,29,31H,2,5-6,11,19,22-24H2,1H3/b4-3-/t27-,29+/m1/s1. The Kier molecular flexibility index (Phi) is 10.7. The van der Waals surface area contributed by atoms with E-state index in [0.717, 1.165) is 38.8 Å². The Morgan fingerprint density at radius 1 is 0.875 bits per heavy atom. The van der Waals surface area contributed by atoms with Crippen molar-refractivity contribution in [3.05, 3.63) is 106 Å². The van der Waals surface area contributed by atoms with E-state index in [4.69, 9.17) is 0 Å². The van der Waals surface area contributed by atoms with Gasteiger partial charge in [-0.25, -0.2) is 0 Å². The third kappa shape index (κ3) is 7.74. The van der Waals surface area contributed by atoms with Crippen LogP contribution in [0.5, 0.6) is 0 Å². The number of nitrogens with zero attached hydrogens (tertiary/aromatic N) is 1. The number of hydrogen-bond acceptors (Lipinski definition) is 3. The topological polar surface area (TPSA) is 23.5 Å². The predicted octanol–water partition coefficient (Wildman–Crippen LogP) is 7.63. The highest BCUT2D eigenvalue weighted by molar-refractivity contribution is 7.09. The lowest BCUT2D eigenvalue weighted by Gasteiger charge is -2.37. The molecule has 2 aromatic carbocycles. The van der Waals surface area contributed by atoms with Gasteiger partial charge in [0.25, 0.3) is 0 Å². The van der Waals surface area contributed by atoms with Gasteiger partial charge in [-0.2, -0.15) is 0 Å². The van der Waals surface area contributed by atoms with Crippen LogP contribution in [-0.2, 0) is 13.1 Å². The van der Waals surface area contributed by atoms with Crippen molar-refractivity contribution in [2.24, 2.45) is 5.92 Å². The maximum atomic E-state index is 10.5. The molecule has 1 aromatic heterocycles. The number of benzene rings is 2. The van der Waals surface area contributed by atoms with Crippen LogP contribution in [0.4, 0.5) is 0 Å². The minimum absolute atomic E-state index is 0.176. The molecule has 0 saturated heterocycles. The molecular weight excluding hydrogens is 410 g/mol. The number of rotatable bonds is 14. The molecule has 3 aromatic rings. The van der Waals surface area contributed by atoms with Gasteiger partial charge in [-0.3, -0.25) is 4.90 Å². The van der Waals surface area contributed by atoms with Gasteiger partial charge in [0.15, 0.2) is 0 Å². The summed E-state index contributed by atoms with van der Waals surface area (Å²) in [6, 6.07) is 26.0. The molecule has 0 spiro atoms. The quantitative estimate of drug-likeness (QED) is 0.203. The summed E-state index contributed by atoms with van der Waals surface area (Å²) in [5, 5.41) is 12.7. The Morgan fingerprint density at radius 3 is 2.28 bits per heavy atom. The van der Waals surface area contributed by atoms with Gasteiger partial charge in [-0.1, -0.05) is 92.2 Å². The summed E-state index contributed by atoms with van der Waals surface area (Å²) in [7, 11) is 0. The highest BCUT2D eigenvalue weighted by Crippen LogP contribution is 2.35. The van der Waals surface area contributed by atoms with E-state index in [0.29, 0.717) is 0 Å². The first-order valence-electron chi connectivity index (χ1n) is 11.9. The van der Waals surface area contributed by atoms with Crippen molar-refractivity contribution in [3.8, 4) is 0 Å². The fourth-order valence-corrected chi connectivity index (χ4v) is 5.14. The third-order valence-electron chi connectivity index (χ3n) is 5.98. The van der Waals surface area contributed by atoms with Crippen molar-refractivity contribution in [2.45, 2.75) is 58.2 Å². The predicted molar refractivity (Wildman–Crippen MR) is 138 cm³/mol. The average Bonchev–Trinajstić information content (AvgIpc) is 3.34. The molecule has 2 atom stereocenters. The maximum absolute atomic E-state index is 10.5. The van der Waals surface area contributed by atoms with Crippen LogP contribution < -0.4 is 0 Å². The summed E-state index contributed by atoms with van der Waals surface area (Å²) in [5.41, 5.74) is 2.61. The monoisotopic (exact) mass is 447 g/mol. The Hall–Kier alpha value is -2.20. The van der Waals surface area contributed by atoms with Crippen molar-refractivity contribution in [3.63, 3.8) is 0 Å². The molecule has 0 fully saturated rings. The SMILES string of the molecule is CC/C=C\CCCC[C@H](CO)[C@H](c1ccccc1)N(Cc1ccccc1)Cc1cccs1. The van der Waals surface area contributed by atoms with Crippen LogP contribution in [0.3, 0.4) is 0 Å². The van der Waals surface area contributed by atoms with Crippen molar-refractivity contribution in [1.82, 2.24) is 4.90 Å². The van der Waals surface area contributed by atoms with Gasteiger partial charge in [0.05, 0.1) is 0 Å². The number of aliphatic hydroxyl groups excluding tert-OH is 1. The summed E-state index contributed by atoms with van der Waals surface area (Å²) >= 11 is 1.81. The van der Waals surface area contributed by atoms with Gasteiger partial charge in [0.1, 0.15) is 0 Å². The average molecular weight is 448 g/mol. The third-order valence-corrected chi connectivity index (χ3v) is 6.84. The first-order valence-corrected chi connectivity index (χ1v) is 12.8. The number of unbranched alkanes of at least 4 members (excludes halogenated alkanes) is 2. The molecule has 3 heteroatoms. The summed E-state index contributed by atoms with van der Waals surface area (Å²) < 4.78 is 0. The van der Waals surface area contributed by atoms with Gasteiger partial charge >= 0.3 is 0 Å². The smallest absolute Gasteiger partial charge is 0.0477 e. The molecular formula is C29H37NOS. The van der Waals surface area contributed by atoms with Crippen LogP contribution in [0.15, 0.2) is 90.3 Å². The van der Waals surface area contributed by atoms with Crippen molar-refractivity contribution < 1.29 is 5.11 Å². The van der Waals surface area contributed by atoms with Gasteiger partial charge in [0, 0.05) is 36.5 Å². The van der Waals surface area contributed by atoms with Crippen molar-refractivity contribution in [2.75, 3.05) is 6.61 Å². The van der Waals surface area contributed by atoms with Gasteiger partial charge in [0.2, 0.25) is 0 Å². The number of thiophene rings is 1. The molecule has 3 rings (SSSR count). The molecule has 32 heavy (non-hydrogen) atoms. The molecule has 0 saturated carbocycles. The first kappa shape index (κ1) is 24.4. The summed E-state index contributed by atoms with van der Waals surface area (Å²) in [4.78, 5) is 3.93. The second-order valence-corrected chi connectivity index (χ2v) is 9.46. The Balaban J connectivity index is 1.84. The second kappa shape index (κ2) is 14.1. The minimum Gasteiger partial charge on any atom is -0.396 e. The zero-order chi connectivity index (χ0) is 22.4. The Labute approximate surface area is 198 Å². The van der Waals surface area contributed by atoms with Crippen LogP contribution in [0, 0.1) is 5.92 Å². The first-order chi connectivity index (χ1) is 15.8. The lowest BCUT2D eigenvalue weighted by molar-refractivity contribution is 0.0782. The fraction of sp³-hybridized carbons (Fsp3) is 0.379. The summed E-state index contributed by atoms with van der Waals surface area (Å²) in [6.45, 7) is 4.15. The molecule has 0 bridgehead atoms. The van der Waals surface area contributed by atoms with Crippen LogP contribution in [0.1, 0.15) is 61.1 Å². The van der Waals surface area contributed by atoms with E-state index in [1.165, 1.54) is 22.4 Å². The zero-order valence-electron chi connectivity index (χ0n) is 19.3. The molecule has 0 radical (unpaired) electrons. The van der Waals surface area contributed by atoms with E-state index < -0.39 is 0 Å². The highest BCUT2D eigenvalue weighted by atomic mass is 32.1. The molecule has 0 amide bonds. The lowest BCUT2D eigenvalue weighted by atomic mass is 9.87. The molecule has 1 heterocycles. The van der Waals surface area contributed by atoms with Gasteiger partial charge in [-0.15, -0.1) is 11.3 Å². The minimum atomic E-state index is 0.176. The van der Waals surface area contributed by atoms with Crippen LogP contribution in [0.2, 0.25) is 0 Å². The number of hydrogen-bond donors (Lipinski definition) is 1. The number of allylic oxidation sites excluding steroid dienone is 2. The Morgan fingerprint density at radius 2 is 1.62 bits per heavy atom.